The summed E-state index contributed by atoms with van der Waals surface area (Å²) in [6, 6.07) is 11.2. The lowest BCUT2D eigenvalue weighted by Gasteiger charge is -2.35. The van der Waals surface area contributed by atoms with Crippen LogP contribution in [-0.4, -0.2) is 112 Å². The van der Waals surface area contributed by atoms with E-state index in [1.165, 1.54) is 12.1 Å². The molecule has 2 aromatic carbocycles. The first kappa shape index (κ1) is 50.7. The molecule has 0 bridgehead atoms. The molecule has 364 valence electrons. The third-order valence-corrected chi connectivity index (χ3v) is 14.1. The highest BCUT2D eigenvalue weighted by Gasteiger charge is 2.42. The van der Waals surface area contributed by atoms with E-state index in [0.717, 1.165) is 65.3 Å². The summed E-state index contributed by atoms with van der Waals surface area (Å²) in [5, 5.41) is 10.7. The number of hydrogen-bond donors (Lipinski definition) is 3. The number of thiazole rings is 1. The number of benzene rings is 2. The molecule has 0 aliphatic carbocycles. The van der Waals surface area contributed by atoms with Gasteiger partial charge < -0.3 is 40.4 Å². The number of aromatic nitrogens is 4. The van der Waals surface area contributed by atoms with Crippen molar-refractivity contribution in [3.05, 3.63) is 99.2 Å². The van der Waals surface area contributed by atoms with E-state index in [0.29, 0.717) is 50.5 Å². The number of rotatable bonds is 19. The first-order valence-corrected chi connectivity index (χ1v) is 24.6. The van der Waals surface area contributed by atoms with Crippen LogP contribution >= 0.6 is 34.5 Å². The van der Waals surface area contributed by atoms with Gasteiger partial charge in [0.15, 0.2) is 11.6 Å². The molecule has 2 unspecified atom stereocenters. The molecule has 2 saturated heterocycles. The number of nitrogen functional groups attached to an aromatic ring is 1. The fraction of sp³-hybridized carbons (Fsp3) is 0.469. The van der Waals surface area contributed by atoms with Gasteiger partial charge in [0.1, 0.15) is 30.6 Å². The minimum absolute atomic E-state index is 0.103. The number of carbonyl (C=O) groups is 3. The quantitative estimate of drug-likeness (QED) is 0.0539. The predicted octanol–water partition coefficient (Wildman–Crippen LogP) is 8.05. The fourth-order valence-corrected chi connectivity index (χ4v) is 10.0. The third-order valence-electron chi connectivity index (χ3n) is 12.4. The van der Waals surface area contributed by atoms with Crippen LogP contribution in [0.5, 0.6) is 5.75 Å². The Kier molecular flexibility index (Phi) is 17.1. The van der Waals surface area contributed by atoms with Gasteiger partial charge in [-0.25, -0.2) is 14.4 Å². The smallest absolute Gasteiger partial charge is 0.246 e. The number of halogens is 3. The van der Waals surface area contributed by atoms with Gasteiger partial charge in [-0.3, -0.25) is 19.1 Å². The number of nitrogens with one attached hydrogen (secondary N) is 2. The van der Waals surface area contributed by atoms with E-state index < -0.39 is 35.3 Å². The average Bonchev–Trinajstić information content (AvgIpc) is 4.11. The Balaban J connectivity index is 0.788. The van der Waals surface area contributed by atoms with Crippen LogP contribution in [0.15, 0.2) is 66.6 Å². The van der Waals surface area contributed by atoms with Gasteiger partial charge in [-0.2, -0.15) is 5.10 Å². The lowest BCUT2D eigenvalue weighted by atomic mass is 9.85. The molecule has 0 saturated carbocycles. The molecule has 5 aromatic rings. The topological polar surface area (TPSA) is 179 Å². The molecule has 3 atom stereocenters. The predicted molar refractivity (Wildman–Crippen MR) is 262 cm³/mol. The number of piperidine rings is 1. The van der Waals surface area contributed by atoms with E-state index in [1.807, 2.05) is 68.3 Å². The first-order chi connectivity index (χ1) is 32.6. The number of amides is 3. The zero-order chi connectivity index (χ0) is 48.5. The van der Waals surface area contributed by atoms with Gasteiger partial charge in [0.2, 0.25) is 17.7 Å². The minimum atomic E-state index is -0.842. The number of likely N-dealkylation sites (tertiary alicyclic amines) is 2. The maximum Gasteiger partial charge on any atom is 0.246 e. The number of nitrogens with two attached hydrogens (primary N) is 1. The van der Waals surface area contributed by atoms with Crippen LogP contribution < -0.4 is 21.1 Å². The van der Waals surface area contributed by atoms with Gasteiger partial charge in [-0.05, 0) is 74.3 Å². The van der Waals surface area contributed by atoms with E-state index in [9.17, 15) is 18.8 Å². The molecule has 2 fully saturated rings. The van der Waals surface area contributed by atoms with Crippen molar-refractivity contribution >= 4 is 58.1 Å². The molecule has 2 aliphatic rings. The van der Waals surface area contributed by atoms with Gasteiger partial charge in [0.25, 0.3) is 0 Å². The molecule has 68 heavy (non-hydrogen) atoms. The Bertz CT molecular complexity index is 2530. The summed E-state index contributed by atoms with van der Waals surface area (Å²) in [6.07, 6.45) is 7.82. The number of ether oxygens (including phenoxy) is 3. The second kappa shape index (κ2) is 23.0. The molecule has 3 aromatic heterocycles. The van der Waals surface area contributed by atoms with E-state index in [4.69, 9.17) is 43.1 Å². The molecule has 7 rings (SSSR count). The summed E-state index contributed by atoms with van der Waals surface area (Å²) in [7, 11) is 0. The number of carbonyl (C=O) groups excluding carboxylic acids is 3. The number of anilines is 1. The Labute approximate surface area is 410 Å². The number of hydrogen-bond acceptors (Lipinski definition) is 12. The van der Waals surface area contributed by atoms with Crippen LogP contribution in [0.3, 0.4) is 0 Å². The van der Waals surface area contributed by atoms with Crippen molar-refractivity contribution in [3.8, 4) is 27.3 Å². The number of pyridine rings is 1. The maximum absolute atomic E-state index is 14.2. The van der Waals surface area contributed by atoms with E-state index in [2.05, 4.69) is 30.6 Å². The lowest BCUT2D eigenvalue weighted by Crippen LogP contribution is -2.58. The fourth-order valence-electron chi connectivity index (χ4n) is 8.53. The summed E-state index contributed by atoms with van der Waals surface area (Å²) >= 11 is 14.1. The summed E-state index contributed by atoms with van der Waals surface area (Å²) in [5.41, 5.74) is 12.3. The van der Waals surface area contributed by atoms with Crippen molar-refractivity contribution < 1.29 is 33.0 Å². The Hall–Kier alpha value is -5.17. The zero-order valence-electron chi connectivity index (χ0n) is 39.1. The van der Waals surface area contributed by atoms with Crippen molar-refractivity contribution in [1.82, 2.24) is 40.2 Å². The molecule has 5 heterocycles. The number of aryl methyl sites for hydroxylation is 1. The summed E-state index contributed by atoms with van der Waals surface area (Å²) < 4.78 is 33.7. The van der Waals surface area contributed by atoms with Crippen LogP contribution in [0.25, 0.3) is 21.6 Å². The van der Waals surface area contributed by atoms with Gasteiger partial charge in [-0.1, -0.05) is 68.2 Å². The Morgan fingerprint density at radius 1 is 0.956 bits per heavy atom. The van der Waals surface area contributed by atoms with Crippen LogP contribution in [0.4, 0.5) is 10.2 Å². The molecule has 3 amide bonds. The van der Waals surface area contributed by atoms with Crippen molar-refractivity contribution in [2.45, 2.75) is 91.1 Å². The second-order valence-corrected chi connectivity index (χ2v) is 19.9. The van der Waals surface area contributed by atoms with Crippen LogP contribution in [0, 0.1) is 18.2 Å². The van der Waals surface area contributed by atoms with Gasteiger partial charge >= 0.3 is 0 Å². The molecule has 2 aliphatic heterocycles. The molecular weight excluding hydrogens is 933 g/mol. The maximum atomic E-state index is 14.2. The minimum Gasteiger partial charge on any atom is -0.482 e. The lowest BCUT2D eigenvalue weighted by molar-refractivity contribution is -0.144. The van der Waals surface area contributed by atoms with Crippen molar-refractivity contribution in [1.29, 1.82) is 0 Å². The van der Waals surface area contributed by atoms with Crippen LogP contribution in [0.1, 0.15) is 82.3 Å². The van der Waals surface area contributed by atoms with Crippen molar-refractivity contribution in [2.75, 3.05) is 58.3 Å². The van der Waals surface area contributed by atoms with Gasteiger partial charge in [-0.15, -0.1) is 11.3 Å². The van der Waals surface area contributed by atoms with E-state index >= 15 is 0 Å². The third kappa shape index (κ3) is 12.7. The standard InChI is InChI=1S/C49H60Cl2FN9O6S/c1-30-44(68-29-56-30)33-10-8-32(9-11-33)24-55-47(63)39-7-6-16-60(39)48(64)45(49(3,4)5)58-41(62)28-66-22-21-65-20-19-59-17-14-36(15-18-59)61-27-35(26-57-61)34-23-40(46(53)54-25-34)67-31(2)42-37(50)12-13-38(52)43(42)51/h8-13,23,25-27,29,31,36,39,45H,6-7,14-22,24,28H2,1-5H3,(H2,53,54)(H,55,63)(H,58,62)/t31-,39?,45?/m1/s1. The van der Waals surface area contributed by atoms with Gasteiger partial charge in [0, 0.05) is 66.8 Å². The Morgan fingerprint density at radius 2 is 1.71 bits per heavy atom. The molecule has 15 nitrogen and oxygen atoms in total. The highest BCUT2D eigenvalue weighted by atomic mass is 35.5. The molecule has 0 spiro atoms. The van der Waals surface area contributed by atoms with E-state index in [1.54, 1.807) is 41.6 Å². The SMILES string of the molecule is Cc1ncsc1-c1ccc(CNC(=O)C2CCCN2C(=O)C(NC(=O)COCCOCCN2CCC(n3cc(-c4cnc(N)c(O[C@H](C)c5c(Cl)ccc(F)c5Cl)c4)cn3)CC2)C(C)(C)C)cc1. The van der Waals surface area contributed by atoms with Crippen molar-refractivity contribution in [3.63, 3.8) is 0 Å². The second-order valence-electron chi connectivity index (χ2n) is 18.3. The summed E-state index contributed by atoms with van der Waals surface area (Å²) in [4.78, 5) is 54.2. The van der Waals surface area contributed by atoms with Crippen molar-refractivity contribution in [2.24, 2.45) is 5.41 Å². The Morgan fingerprint density at radius 3 is 2.43 bits per heavy atom. The van der Waals surface area contributed by atoms with Gasteiger partial charge in [0.05, 0.1) is 53.2 Å². The molecular formula is C49H60Cl2FN9O6S. The largest absolute Gasteiger partial charge is 0.482 e. The first-order valence-electron chi connectivity index (χ1n) is 22.9. The van der Waals surface area contributed by atoms with Crippen LogP contribution in [0.2, 0.25) is 10.0 Å². The zero-order valence-corrected chi connectivity index (χ0v) is 41.4. The normalized spacial score (nSPS) is 16.7. The van der Waals surface area contributed by atoms with Crippen LogP contribution in [-0.2, 0) is 30.4 Å². The highest BCUT2D eigenvalue weighted by molar-refractivity contribution is 7.13. The molecule has 4 N–H and O–H groups in total. The summed E-state index contributed by atoms with van der Waals surface area (Å²) in [6.45, 7) is 13.5. The van der Waals surface area contributed by atoms with E-state index in [-0.39, 0.29) is 46.9 Å². The monoisotopic (exact) mass is 991 g/mol. The molecule has 0 radical (unpaired) electrons. The molecule has 19 heteroatoms. The average molecular weight is 993 g/mol. The number of nitrogens with zero attached hydrogens (tertiary/aromatic N) is 6. The summed E-state index contributed by atoms with van der Waals surface area (Å²) in [5.74, 6) is -0.991. The highest BCUT2D eigenvalue weighted by Crippen LogP contribution is 2.37.